The Morgan fingerprint density at radius 2 is 1.70 bits per heavy atom. The van der Waals surface area contributed by atoms with Gasteiger partial charge < -0.3 is 15.0 Å². The number of anilines is 1. The van der Waals surface area contributed by atoms with Crippen LogP contribution in [0.2, 0.25) is 5.02 Å². The zero-order valence-corrected chi connectivity index (χ0v) is 20.7. The van der Waals surface area contributed by atoms with Crippen LogP contribution >= 0.6 is 11.6 Å². The SMILES string of the molecule is Cc1ccc(COc2ccc(C(=O)NC(=O)Nc3ccc(Cl)c(-c4nc5ccccc5[nH]4)c3)cc2)cc1. The van der Waals surface area contributed by atoms with Gasteiger partial charge in [0.25, 0.3) is 5.91 Å². The Balaban J connectivity index is 1.20. The first kappa shape index (κ1) is 24.1. The van der Waals surface area contributed by atoms with Crippen LogP contribution in [0.15, 0.2) is 91.0 Å². The number of ether oxygens (including phenoxy) is 1. The van der Waals surface area contributed by atoms with Crippen molar-refractivity contribution in [2.75, 3.05) is 5.32 Å². The van der Waals surface area contributed by atoms with Gasteiger partial charge in [-0.3, -0.25) is 10.1 Å². The van der Waals surface area contributed by atoms with Gasteiger partial charge in [-0.25, -0.2) is 9.78 Å². The van der Waals surface area contributed by atoms with Crippen LogP contribution in [0, 0.1) is 6.92 Å². The summed E-state index contributed by atoms with van der Waals surface area (Å²) in [6, 6.07) is 26.7. The number of carbonyl (C=O) groups is 2. The van der Waals surface area contributed by atoms with E-state index < -0.39 is 11.9 Å². The maximum absolute atomic E-state index is 12.6. The topological polar surface area (TPSA) is 96.1 Å². The second kappa shape index (κ2) is 10.6. The Hall–Kier alpha value is -4.62. The number of aromatic nitrogens is 2. The van der Waals surface area contributed by atoms with Crippen molar-refractivity contribution in [2.45, 2.75) is 13.5 Å². The number of hydrogen-bond acceptors (Lipinski definition) is 4. The third kappa shape index (κ3) is 5.79. The summed E-state index contributed by atoms with van der Waals surface area (Å²) in [6.07, 6.45) is 0. The Morgan fingerprint density at radius 3 is 2.46 bits per heavy atom. The molecule has 0 radical (unpaired) electrons. The van der Waals surface area contributed by atoms with Crippen LogP contribution < -0.4 is 15.4 Å². The Kier molecular flexibility index (Phi) is 6.87. The third-order valence-corrected chi connectivity index (χ3v) is 6.07. The summed E-state index contributed by atoms with van der Waals surface area (Å²) in [5.41, 5.74) is 5.34. The Labute approximate surface area is 218 Å². The molecule has 0 atom stereocenters. The number of aromatic amines is 1. The van der Waals surface area contributed by atoms with E-state index in [4.69, 9.17) is 16.3 Å². The van der Waals surface area contributed by atoms with Gasteiger partial charge in [-0.2, -0.15) is 0 Å². The fourth-order valence-corrected chi connectivity index (χ4v) is 3.96. The molecule has 3 N–H and O–H groups in total. The average molecular weight is 511 g/mol. The molecule has 37 heavy (non-hydrogen) atoms. The van der Waals surface area contributed by atoms with E-state index >= 15 is 0 Å². The molecule has 5 rings (SSSR count). The standard InChI is InChI=1S/C29H23ClN4O3/c1-18-6-8-19(9-7-18)17-37-22-13-10-20(11-14-22)28(35)34-29(36)31-21-12-15-24(30)23(16-21)27-32-25-4-2-3-5-26(25)33-27/h2-16H,17H2,1H3,(H,32,33)(H2,31,34,35,36). The number of hydrogen-bond donors (Lipinski definition) is 3. The van der Waals surface area contributed by atoms with Gasteiger partial charge in [0.05, 0.1) is 16.1 Å². The van der Waals surface area contributed by atoms with Gasteiger partial charge in [0.15, 0.2) is 0 Å². The van der Waals surface area contributed by atoms with Crippen molar-refractivity contribution in [3.63, 3.8) is 0 Å². The predicted molar refractivity (Wildman–Crippen MR) is 145 cm³/mol. The molecule has 5 aromatic rings. The number of amides is 3. The number of urea groups is 1. The van der Waals surface area contributed by atoms with Gasteiger partial charge in [0, 0.05) is 16.8 Å². The molecular formula is C29H23ClN4O3. The van der Waals surface area contributed by atoms with E-state index in [2.05, 4.69) is 20.6 Å². The van der Waals surface area contributed by atoms with Crippen LogP contribution in [-0.2, 0) is 6.61 Å². The zero-order valence-electron chi connectivity index (χ0n) is 19.9. The van der Waals surface area contributed by atoms with Crippen molar-refractivity contribution in [1.82, 2.24) is 15.3 Å². The molecule has 0 aliphatic carbocycles. The molecule has 0 bridgehead atoms. The van der Waals surface area contributed by atoms with Crippen molar-refractivity contribution >= 4 is 40.3 Å². The molecule has 0 unspecified atom stereocenters. The van der Waals surface area contributed by atoms with Gasteiger partial charge in [0.2, 0.25) is 0 Å². The zero-order chi connectivity index (χ0) is 25.8. The molecule has 184 valence electrons. The van der Waals surface area contributed by atoms with E-state index in [1.165, 1.54) is 5.56 Å². The van der Waals surface area contributed by atoms with Crippen molar-refractivity contribution in [3.05, 3.63) is 113 Å². The molecule has 7 nitrogen and oxygen atoms in total. The summed E-state index contributed by atoms with van der Waals surface area (Å²) >= 11 is 6.38. The summed E-state index contributed by atoms with van der Waals surface area (Å²) in [4.78, 5) is 32.8. The fraction of sp³-hybridized carbons (Fsp3) is 0.0690. The molecule has 0 fully saturated rings. The van der Waals surface area contributed by atoms with Gasteiger partial charge in [-0.05, 0) is 67.1 Å². The van der Waals surface area contributed by atoms with Crippen LogP contribution in [0.25, 0.3) is 22.4 Å². The van der Waals surface area contributed by atoms with Crippen LogP contribution in [0.5, 0.6) is 5.75 Å². The van der Waals surface area contributed by atoms with Crippen LogP contribution in [-0.4, -0.2) is 21.9 Å². The van der Waals surface area contributed by atoms with E-state index in [1.54, 1.807) is 42.5 Å². The highest BCUT2D eigenvalue weighted by Crippen LogP contribution is 2.30. The smallest absolute Gasteiger partial charge is 0.326 e. The maximum atomic E-state index is 12.6. The minimum Gasteiger partial charge on any atom is -0.489 e. The number of halogens is 1. The molecule has 3 amide bonds. The fourth-order valence-electron chi connectivity index (χ4n) is 3.76. The predicted octanol–water partition coefficient (Wildman–Crippen LogP) is 6.73. The highest BCUT2D eigenvalue weighted by molar-refractivity contribution is 6.33. The molecule has 0 saturated carbocycles. The van der Waals surface area contributed by atoms with E-state index in [9.17, 15) is 9.59 Å². The summed E-state index contributed by atoms with van der Waals surface area (Å²) < 4.78 is 5.77. The summed E-state index contributed by atoms with van der Waals surface area (Å²) in [5, 5.41) is 5.49. The largest absolute Gasteiger partial charge is 0.489 e. The van der Waals surface area contributed by atoms with E-state index in [-0.39, 0.29) is 0 Å². The summed E-state index contributed by atoms with van der Waals surface area (Å²) in [6.45, 7) is 2.45. The van der Waals surface area contributed by atoms with E-state index in [1.807, 2.05) is 55.5 Å². The number of aryl methyl sites for hydroxylation is 1. The van der Waals surface area contributed by atoms with Crippen LogP contribution in [0.3, 0.4) is 0 Å². The van der Waals surface area contributed by atoms with Gasteiger partial charge in [-0.1, -0.05) is 53.6 Å². The van der Waals surface area contributed by atoms with Crippen molar-refractivity contribution < 1.29 is 14.3 Å². The molecular weight excluding hydrogens is 488 g/mol. The Bertz CT molecular complexity index is 1540. The first-order valence-corrected chi connectivity index (χ1v) is 12.0. The summed E-state index contributed by atoms with van der Waals surface area (Å²) in [5.74, 6) is 0.672. The number of benzene rings is 4. The minimum absolute atomic E-state index is 0.330. The maximum Gasteiger partial charge on any atom is 0.326 e. The van der Waals surface area contributed by atoms with Gasteiger partial charge >= 0.3 is 6.03 Å². The van der Waals surface area contributed by atoms with Crippen molar-refractivity contribution in [1.29, 1.82) is 0 Å². The second-order valence-electron chi connectivity index (χ2n) is 8.50. The van der Waals surface area contributed by atoms with Crippen molar-refractivity contribution in [3.8, 4) is 17.1 Å². The number of para-hydroxylation sites is 2. The summed E-state index contributed by atoms with van der Waals surface area (Å²) in [7, 11) is 0. The lowest BCUT2D eigenvalue weighted by atomic mass is 10.1. The van der Waals surface area contributed by atoms with E-state index in [0.717, 1.165) is 16.6 Å². The third-order valence-electron chi connectivity index (χ3n) is 5.74. The molecule has 4 aromatic carbocycles. The first-order valence-electron chi connectivity index (χ1n) is 11.6. The highest BCUT2D eigenvalue weighted by Gasteiger charge is 2.14. The first-order chi connectivity index (χ1) is 17.9. The van der Waals surface area contributed by atoms with Crippen LogP contribution in [0.4, 0.5) is 10.5 Å². The van der Waals surface area contributed by atoms with Gasteiger partial charge in [-0.15, -0.1) is 0 Å². The monoisotopic (exact) mass is 510 g/mol. The van der Waals surface area contributed by atoms with E-state index in [0.29, 0.717) is 40.0 Å². The number of imidazole rings is 1. The highest BCUT2D eigenvalue weighted by atomic mass is 35.5. The molecule has 1 aromatic heterocycles. The number of nitrogens with one attached hydrogen (secondary N) is 3. The minimum atomic E-state index is -0.664. The number of H-pyrrole nitrogens is 1. The average Bonchev–Trinajstić information content (AvgIpc) is 3.34. The number of fused-ring (bicyclic) bond motifs is 1. The van der Waals surface area contributed by atoms with Gasteiger partial charge in [0.1, 0.15) is 18.2 Å². The lowest BCUT2D eigenvalue weighted by Gasteiger charge is -2.10. The Morgan fingerprint density at radius 1 is 0.946 bits per heavy atom. The number of carbonyl (C=O) groups excluding carboxylic acids is 2. The van der Waals surface area contributed by atoms with Crippen LogP contribution in [0.1, 0.15) is 21.5 Å². The molecule has 0 aliphatic rings. The van der Waals surface area contributed by atoms with Crippen molar-refractivity contribution in [2.24, 2.45) is 0 Å². The molecule has 0 saturated heterocycles. The molecule has 0 aliphatic heterocycles. The molecule has 8 heteroatoms. The normalized spacial score (nSPS) is 10.8. The lowest BCUT2D eigenvalue weighted by molar-refractivity contribution is 0.0967. The number of rotatable bonds is 6. The lowest BCUT2D eigenvalue weighted by Crippen LogP contribution is -2.34. The number of nitrogens with zero attached hydrogens (tertiary/aromatic N) is 1. The number of imide groups is 1. The molecule has 1 heterocycles. The molecule has 0 spiro atoms. The quantitative estimate of drug-likeness (QED) is 0.236. The second-order valence-corrected chi connectivity index (χ2v) is 8.91.